The van der Waals surface area contributed by atoms with Gasteiger partial charge in [-0.25, -0.2) is 14.2 Å². The molecular weight excluding hydrogens is 439 g/mol. The minimum atomic E-state index is -0.684. The van der Waals surface area contributed by atoms with E-state index in [1.165, 1.54) is 13.2 Å². The molecule has 1 fully saturated rings. The van der Waals surface area contributed by atoms with Crippen LogP contribution in [0.4, 0.5) is 21.0 Å². The Labute approximate surface area is 199 Å². The quantitative estimate of drug-likeness (QED) is 0.676. The summed E-state index contributed by atoms with van der Waals surface area (Å²) in [4.78, 5) is 23.4. The Kier molecular flexibility index (Phi) is 7.44. The summed E-state index contributed by atoms with van der Waals surface area (Å²) >= 11 is 0. The normalized spacial score (nSPS) is 18.1. The third kappa shape index (κ3) is 6.04. The zero-order valence-corrected chi connectivity index (χ0v) is 20.4. The third-order valence-electron chi connectivity index (χ3n) is 5.32. The van der Waals surface area contributed by atoms with E-state index in [9.17, 15) is 14.4 Å². The van der Waals surface area contributed by atoms with Gasteiger partial charge in [0.25, 0.3) is 0 Å². The van der Waals surface area contributed by atoms with E-state index in [1.807, 2.05) is 26.8 Å². The molecule has 1 aliphatic heterocycles. The van der Waals surface area contributed by atoms with Crippen LogP contribution in [0, 0.1) is 23.1 Å². The Bertz CT molecular complexity index is 1100. The van der Waals surface area contributed by atoms with E-state index >= 15 is 0 Å². The van der Waals surface area contributed by atoms with Crippen LogP contribution in [0.3, 0.4) is 0 Å². The van der Waals surface area contributed by atoms with Crippen molar-refractivity contribution in [2.24, 2.45) is 5.92 Å². The Balaban J connectivity index is 1.91. The van der Waals surface area contributed by atoms with Crippen LogP contribution in [0.1, 0.15) is 39.7 Å². The van der Waals surface area contributed by atoms with Crippen molar-refractivity contribution in [3.05, 3.63) is 29.6 Å². The summed E-state index contributed by atoms with van der Waals surface area (Å²) in [7, 11) is 3.09. The number of amides is 1. The van der Waals surface area contributed by atoms with Crippen molar-refractivity contribution in [2.45, 2.75) is 45.8 Å². The van der Waals surface area contributed by atoms with Gasteiger partial charge in [-0.15, -0.1) is 0 Å². The lowest BCUT2D eigenvalue weighted by Crippen LogP contribution is -2.51. The molecule has 1 aromatic heterocycles. The number of hydrogen-bond acceptors (Lipinski definition) is 8. The molecule has 10 heteroatoms. The topological polar surface area (TPSA) is 112 Å². The maximum atomic E-state index is 14.5. The second-order valence-corrected chi connectivity index (χ2v) is 9.42. The molecule has 1 saturated heterocycles. The second-order valence-electron chi connectivity index (χ2n) is 9.42. The first kappa shape index (κ1) is 25.0. The van der Waals surface area contributed by atoms with Crippen molar-refractivity contribution in [3.63, 3.8) is 0 Å². The van der Waals surface area contributed by atoms with Crippen molar-refractivity contribution in [3.8, 4) is 23.1 Å². The average molecular weight is 471 g/mol. The van der Waals surface area contributed by atoms with E-state index in [0.717, 1.165) is 13.0 Å². The van der Waals surface area contributed by atoms with Crippen molar-refractivity contribution in [1.29, 1.82) is 5.26 Å². The number of carbonyl (C=O) groups excluding carboxylic acids is 1. The summed E-state index contributed by atoms with van der Waals surface area (Å²) in [5.74, 6) is 0.748. The summed E-state index contributed by atoms with van der Waals surface area (Å²) < 4.78 is 25.1. The number of halogens is 1. The highest BCUT2D eigenvalue weighted by Crippen LogP contribution is 2.31. The summed E-state index contributed by atoms with van der Waals surface area (Å²) in [6.07, 6.45) is 0.357. The maximum Gasteiger partial charge on any atom is 0.407 e. The number of ether oxygens (including phenoxy) is 2. The largest absolute Gasteiger partial charge is 0.495 e. The number of piperidine rings is 1. The molecule has 34 heavy (non-hydrogen) atoms. The van der Waals surface area contributed by atoms with Crippen molar-refractivity contribution in [2.75, 3.05) is 37.5 Å². The highest BCUT2D eigenvalue weighted by Gasteiger charge is 2.29. The summed E-state index contributed by atoms with van der Waals surface area (Å²) in [5.41, 5.74) is 0.202. The predicted molar refractivity (Wildman–Crippen MR) is 127 cm³/mol. The van der Waals surface area contributed by atoms with Crippen molar-refractivity contribution < 1.29 is 18.7 Å². The zero-order valence-electron chi connectivity index (χ0n) is 20.4. The van der Waals surface area contributed by atoms with Gasteiger partial charge in [-0.1, -0.05) is 6.92 Å². The molecule has 0 saturated carbocycles. The molecule has 2 aromatic rings. The maximum absolute atomic E-state index is 14.5. The number of benzene rings is 1. The Morgan fingerprint density at radius 3 is 2.62 bits per heavy atom. The summed E-state index contributed by atoms with van der Waals surface area (Å²) in [6.45, 7) is 8.85. The number of nitrogens with zero attached hydrogens (tertiary/aromatic N) is 4. The Morgan fingerprint density at radius 2 is 2.00 bits per heavy atom. The molecule has 2 N–H and O–H groups in total. The fourth-order valence-corrected chi connectivity index (χ4v) is 3.97. The Hall–Kier alpha value is -3.61. The van der Waals surface area contributed by atoms with Gasteiger partial charge in [-0.05, 0) is 45.2 Å². The molecule has 0 spiro atoms. The van der Waals surface area contributed by atoms with Gasteiger partial charge >= 0.3 is 6.09 Å². The van der Waals surface area contributed by atoms with E-state index < -0.39 is 17.5 Å². The molecule has 3 rings (SSSR count). The van der Waals surface area contributed by atoms with E-state index in [4.69, 9.17) is 9.47 Å². The monoisotopic (exact) mass is 470 g/mol. The molecule has 1 aromatic carbocycles. The molecule has 0 unspecified atom stereocenters. The van der Waals surface area contributed by atoms with E-state index in [0.29, 0.717) is 29.6 Å². The second kappa shape index (κ2) is 10.1. The van der Waals surface area contributed by atoms with E-state index in [1.54, 1.807) is 19.2 Å². The summed E-state index contributed by atoms with van der Waals surface area (Å²) in [5, 5.41) is 15.1. The SMILES string of the molecule is CNc1nc(-c2cc(F)c(C#N)c(OC)c2)cc(N2C[C@H](C)C[C@@H](NC(=O)OC(C)(C)C)C2)n1. The molecular formula is C24H31FN6O3. The van der Waals surface area contributed by atoms with Crippen LogP contribution in [0.2, 0.25) is 0 Å². The molecule has 0 radical (unpaired) electrons. The minimum Gasteiger partial charge on any atom is -0.495 e. The van der Waals surface area contributed by atoms with Crippen molar-refractivity contribution >= 4 is 17.9 Å². The van der Waals surface area contributed by atoms with Crippen LogP contribution >= 0.6 is 0 Å². The zero-order chi connectivity index (χ0) is 25.0. The fourth-order valence-electron chi connectivity index (χ4n) is 3.97. The van der Waals surface area contributed by atoms with Crippen LogP contribution in [0.25, 0.3) is 11.3 Å². The van der Waals surface area contributed by atoms with Gasteiger partial charge in [0.1, 0.15) is 34.6 Å². The Morgan fingerprint density at radius 1 is 1.26 bits per heavy atom. The van der Waals surface area contributed by atoms with Crippen LogP contribution in [0.15, 0.2) is 18.2 Å². The molecule has 1 aliphatic rings. The lowest BCUT2D eigenvalue weighted by Gasteiger charge is -2.37. The number of carbonyl (C=O) groups is 1. The van der Waals surface area contributed by atoms with Gasteiger partial charge in [0.05, 0.1) is 18.8 Å². The number of rotatable bonds is 5. The van der Waals surface area contributed by atoms with Gasteiger partial charge in [-0.2, -0.15) is 10.2 Å². The highest BCUT2D eigenvalue weighted by molar-refractivity contribution is 5.69. The number of anilines is 2. The van der Waals surface area contributed by atoms with Gasteiger partial charge in [-0.3, -0.25) is 0 Å². The predicted octanol–water partition coefficient (Wildman–Crippen LogP) is 3.94. The first-order valence-corrected chi connectivity index (χ1v) is 11.1. The van der Waals surface area contributed by atoms with Crippen molar-refractivity contribution in [1.82, 2.24) is 15.3 Å². The van der Waals surface area contributed by atoms with Gasteiger partial charge in [0.15, 0.2) is 0 Å². The lowest BCUT2D eigenvalue weighted by atomic mass is 9.96. The van der Waals surface area contributed by atoms with Crippen LogP contribution in [-0.2, 0) is 4.74 Å². The number of nitrogens with one attached hydrogen (secondary N) is 2. The number of aromatic nitrogens is 2. The third-order valence-corrected chi connectivity index (χ3v) is 5.32. The number of nitriles is 1. The van der Waals surface area contributed by atoms with Gasteiger partial charge in [0, 0.05) is 31.8 Å². The van der Waals surface area contributed by atoms with Crippen LogP contribution in [-0.4, -0.2) is 55.0 Å². The number of methoxy groups -OCH3 is 1. The number of alkyl carbamates (subject to hydrolysis) is 1. The molecule has 2 atom stereocenters. The first-order valence-electron chi connectivity index (χ1n) is 11.1. The smallest absolute Gasteiger partial charge is 0.407 e. The lowest BCUT2D eigenvalue weighted by molar-refractivity contribution is 0.0495. The van der Waals surface area contributed by atoms with Gasteiger partial charge < -0.3 is 25.0 Å². The fraction of sp³-hybridized carbons (Fsp3) is 0.500. The molecule has 9 nitrogen and oxygen atoms in total. The standard InChI is InChI=1S/C24H31FN6O3/c1-14-7-16(28-23(32)34-24(2,3)4)13-31(12-14)21-10-19(29-22(27-5)30-21)15-8-18(25)17(11-26)20(9-15)33-6/h8-10,14,16H,7,12-13H2,1-6H3,(H,28,32)(H,27,29,30)/t14-,16-/m1/s1. The molecule has 0 bridgehead atoms. The van der Waals surface area contributed by atoms with E-state index in [-0.39, 0.29) is 23.3 Å². The number of hydrogen-bond donors (Lipinski definition) is 2. The first-order chi connectivity index (χ1) is 16.0. The van der Waals surface area contributed by atoms with E-state index in [2.05, 4.69) is 32.4 Å². The minimum absolute atomic E-state index is 0.123. The highest BCUT2D eigenvalue weighted by atomic mass is 19.1. The molecule has 0 aliphatic carbocycles. The molecule has 182 valence electrons. The van der Waals surface area contributed by atoms with Crippen LogP contribution < -0.4 is 20.3 Å². The van der Waals surface area contributed by atoms with Gasteiger partial charge in [0.2, 0.25) is 5.95 Å². The average Bonchev–Trinajstić information content (AvgIpc) is 2.76. The molecule has 2 heterocycles. The van der Waals surface area contributed by atoms with Crippen LogP contribution in [0.5, 0.6) is 5.75 Å². The summed E-state index contributed by atoms with van der Waals surface area (Å²) in [6, 6.07) is 6.31. The molecule has 1 amide bonds.